The predicted molar refractivity (Wildman–Crippen MR) is 107 cm³/mol. The van der Waals surface area contributed by atoms with Crippen molar-refractivity contribution in [1.82, 2.24) is 24.6 Å². The van der Waals surface area contributed by atoms with Crippen LogP contribution in [0, 0.1) is 6.92 Å². The molecule has 0 aromatic carbocycles. The quantitative estimate of drug-likeness (QED) is 0.808. The molecule has 7 heteroatoms. The van der Waals surface area contributed by atoms with Gasteiger partial charge in [0.2, 0.25) is 0 Å². The maximum atomic E-state index is 12.8. The fourth-order valence-corrected chi connectivity index (χ4v) is 5.10. The molecule has 0 radical (unpaired) electrons. The molecule has 0 aliphatic carbocycles. The number of aromatic nitrogens is 3. The molecule has 1 atom stereocenters. The Morgan fingerprint density at radius 1 is 1.15 bits per heavy atom. The van der Waals surface area contributed by atoms with Gasteiger partial charge in [-0.05, 0) is 57.8 Å². The zero-order valence-electron chi connectivity index (χ0n) is 16.4. The summed E-state index contributed by atoms with van der Waals surface area (Å²) in [7, 11) is 2.08. The van der Waals surface area contributed by atoms with E-state index >= 15 is 0 Å². The third-order valence-corrected chi connectivity index (χ3v) is 6.83. The summed E-state index contributed by atoms with van der Waals surface area (Å²) < 4.78 is 2.17. The van der Waals surface area contributed by atoms with Gasteiger partial charge in [-0.1, -0.05) is 6.42 Å². The minimum absolute atomic E-state index is 0.161. The van der Waals surface area contributed by atoms with Gasteiger partial charge in [-0.2, -0.15) is 0 Å². The summed E-state index contributed by atoms with van der Waals surface area (Å²) in [5.74, 6) is 2.51. The van der Waals surface area contributed by atoms with Gasteiger partial charge in [0.25, 0.3) is 5.91 Å². The van der Waals surface area contributed by atoms with Gasteiger partial charge in [0.1, 0.15) is 11.6 Å². The lowest BCUT2D eigenvalue weighted by atomic mass is 9.97. The van der Waals surface area contributed by atoms with Crippen molar-refractivity contribution < 1.29 is 4.79 Å². The average Bonchev–Trinajstić information content (AvgIpc) is 3.28. The normalized spacial score (nSPS) is 21.6. The molecule has 2 aromatic heterocycles. The summed E-state index contributed by atoms with van der Waals surface area (Å²) in [5, 5.41) is 9.01. The first-order valence-corrected chi connectivity index (χ1v) is 10.9. The topological polar surface area (TPSA) is 54.3 Å². The van der Waals surface area contributed by atoms with Gasteiger partial charge in [-0.3, -0.25) is 9.69 Å². The lowest BCUT2D eigenvalue weighted by molar-refractivity contribution is 0.0708. The Bertz CT molecular complexity index is 792. The Morgan fingerprint density at radius 3 is 2.70 bits per heavy atom. The monoisotopic (exact) mass is 387 g/mol. The van der Waals surface area contributed by atoms with Gasteiger partial charge in [0.15, 0.2) is 0 Å². The SMILES string of the molecule is Cc1ccc(C(=O)N2CCC[C@@H](c3nnc(CN4CCCCC4)n3C)C2)s1. The summed E-state index contributed by atoms with van der Waals surface area (Å²) in [6.07, 6.45) is 6.01. The summed E-state index contributed by atoms with van der Waals surface area (Å²) in [6, 6.07) is 3.97. The average molecular weight is 388 g/mol. The van der Waals surface area contributed by atoms with E-state index in [-0.39, 0.29) is 11.8 Å². The molecule has 2 aliphatic heterocycles. The van der Waals surface area contributed by atoms with Crippen LogP contribution in [-0.4, -0.2) is 56.7 Å². The number of thiophene rings is 1. The lowest BCUT2D eigenvalue weighted by Gasteiger charge is -2.32. The van der Waals surface area contributed by atoms with E-state index in [0.717, 1.165) is 62.1 Å². The second kappa shape index (κ2) is 8.10. The van der Waals surface area contributed by atoms with Crippen LogP contribution in [0.15, 0.2) is 12.1 Å². The summed E-state index contributed by atoms with van der Waals surface area (Å²) in [5.41, 5.74) is 0. The van der Waals surface area contributed by atoms with Gasteiger partial charge in [0.05, 0.1) is 11.4 Å². The second-order valence-electron chi connectivity index (χ2n) is 7.87. The zero-order chi connectivity index (χ0) is 18.8. The summed E-state index contributed by atoms with van der Waals surface area (Å²) in [4.78, 5) is 19.3. The largest absolute Gasteiger partial charge is 0.337 e. The van der Waals surface area contributed by atoms with Crippen molar-refractivity contribution in [3.63, 3.8) is 0 Å². The van der Waals surface area contributed by atoms with Crippen LogP contribution in [0.3, 0.4) is 0 Å². The molecule has 0 bridgehead atoms. The molecule has 1 amide bonds. The molecule has 0 N–H and O–H groups in total. The number of nitrogens with zero attached hydrogens (tertiary/aromatic N) is 5. The van der Waals surface area contributed by atoms with Gasteiger partial charge >= 0.3 is 0 Å². The first kappa shape index (κ1) is 18.6. The Kier molecular flexibility index (Phi) is 5.59. The second-order valence-corrected chi connectivity index (χ2v) is 9.16. The fraction of sp³-hybridized carbons (Fsp3) is 0.650. The van der Waals surface area contributed by atoms with Crippen LogP contribution in [0.1, 0.15) is 64.2 Å². The zero-order valence-corrected chi connectivity index (χ0v) is 17.2. The smallest absolute Gasteiger partial charge is 0.263 e. The molecule has 0 unspecified atom stereocenters. The minimum atomic E-state index is 0.161. The molecule has 0 spiro atoms. The summed E-state index contributed by atoms with van der Waals surface area (Å²) in [6.45, 7) is 6.83. The lowest BCUT2D eigenvalue weighted by Crippen LogP contribution is -2.39. The molecular formula is C20H29N5OS. The van der Waals surface area contributed by atoms with Crippen molar-refractivity contribution in [1.29, 1.82) is 0 Å². The van der Waals surface area contributed by atoms with E-state index in [1.165, 1.54) is 24.1 Å². The molecule has 2 aromatic rings. The first-order chi connectivity index (χ1) is 13.1. The van der Waals surface area contributed by atoms with Crippen molar-refractivity contribution in [3.05, 3.63) is 33.5 Å². The number of likely N-dealkylation sites (tertiary alicyclic amines) is 2. The Hall–Kier alpha value is -1.73. The number of hydrogen-bond acceptors (Lipinski definition) is 5. The number of rotatable bonds is 4. The highest BCUT2D eigenvalue weighted by atomic mass is 32.1. The molecule has 4 heterocycles. The molecule has 146 valence electrons. The van der Waals surface area contributed by atoms with Gasteiger partial charge in [0, 0.05) is 30.9 Å². The van der Waals surface area contributed by atoms with Crippen molar-refractivity contribution in [2.45, 2.75) is 51.5 Å². The number of aryl methyl sites for hydroxylation is 1. The van der Waals surface area contributed by atoms with Gasteiger partial charge < -0.3 is 9.47 Å². The molecule has 2 fully saturated rings. The molecule has 4 rings (SSSR count). The van der Waals surface area contributed by atoms with Crippen LogP contribution in [0.25, 0.3) is 0 Å². The van der Waals surface area contributed by atoms with Gasteiger partial charge in [-0.25, -0.2) is 0 Å². The van der Waals surface area contributed by atoms with Crippen LogP contribution >= 0.6 is 11.3 Å². The Balaban J connectivity index is 1.44. The fourth-order valence-electron chi connectivity index (χ4n) is 4.26. The maximum Gasteiger partial charge on any atom is 0.263 e. The van der Waals surface area contributed by atoms with E-state index in [0.29, 0.717) is 0 Å². The highest BCUT2D eigenvalue weighted by Gasteiger charge is 2.29. The first-order valence-electron chi connectivity index (χ1n) is 10.1. The number of hydrogen-bond donors (Lipinski definition) is 0. The van der Waals surface area contributed by atoms with Gasteiger partial charge in [-0.15, -0.1) is 21.5 Å². The molecule has 6 nitrogen and oxygen atoms in total. The van der Waals surface area contributed by atoms with Crippen LogP contribution in [0.4, 0.5) is 0 Å². The van der Waals surface area contributed by atoms with Crippen molar-refractivity contribution in [3.8, 4) is 0 Å². The minimum Gasteiger partial charge on any atom is -0.337 e. The highest BCUT2D eigenvalue weighted by Crippen LogP contribution is 2.28. The van der Waals surface area contributed by atoms with E-state index in [1.807, 2.05) is 24.0 Å². The number of carbonyl (C=O) groups is 1. The Labute approximate surface area is 165 Å². The molecule has 2 aliphatic rings. The number of piperidine rings is 2. The third kappa shape index (κ3) is 4.09. The van der Waals surface area contributed by atoms with Crippen molar-refractivity contribution in [2.24, 2.45) is 7.05 Å². The van der Waals surface area contributed by atoms with Crippen LogP contribution in [-0.2, 0) is 13.6 Å². The van der Waals surface area contributed by atoms with Crippen molar-refractivity contribution >= 4 is 17.2 Å². The number of carbonyl (C=O) groups excluding carboxylic acids is 1. The van der Waals surface area contributed by atoms with Crippen LogP contribution < -0.4 is 0 Å². The van der Waals surface area contributed by atoms with E-state index in [9.17, 15) is 4.79 Å². The van der Waals surface area contributed by atoms with Crippen LogP contribution in [0.5, 0.6) is 0 Å². The van der Waals surface area contributed by atoms with E-state index in [2.05, 4.69) is 26.7 Å². The third-order valence-electron chi connectivity index (χ3n) is 5.84. The van der Waals surface area contributed by atoms with E-state index < -0.39 is 0 Å². The highest BCUT2D eigenvalue weighted by molar-refractivity contribution is 7.13. The Morgan fingerprint density at radius 2 is 1.96 bits per heavy atom. The summed E-state index contributed by atoms with van der Waals surface area (Å²) >= 11 is 1.58. The number of amides is 1. The predicted octanol–water partition coefficient (Wildman–Crippen LogP) is 3.19. The molecule has 2 saturated heterocycles. The molecular weight excluding hydrogens is 358 g/mol. The van der Waals surface area contributed by atoms with E-state index in [1.54, 1.807) is 11.3 Å². The standard InChI is InChI=1S/C20H29N5OS/c1-15-8-9-17(27-15)20(26)25-12-6-7-16(13-25)19-22-21-18(23(19)2)14-24-10-4-3-5-11-24/h8-9,16H,3-7,10-14H2,1-2H3/t16-/m1/s1. The van der Waals surface area contributed by atoms with Crippen LogP contribution in [0.2, 0.25) is 0 Å². The van der Waals surface area contributed by atoms with E-state index in [4.69, 9.17) is 0 Å². The molecule has 27 heavy (non-hydrogen) atoms. The molecule has 0 saturated carbocycles. The maximum absolute atomic E-state index is 12.8. The van der Waals surface area contributed by atoms with Crippen molar-refractivity contribution in [2.75, 3.05) is 26.2 Å².